The molecule has 2 heterocycles. The largest absolute Gasteiger partial charge is 0.482 e. The Kier molecular flexibility index (Phi) is 4.01. The van der Waals surface area contributed by atoms with E-state index in [1.54, 1.807) is 18.2 Å². The van der Waals surface area contributed by atoms with Crippen LogP contribution in [0.15, 0.2) is 48.5 Å². The SMILES string of the molecule is O=C1COc2ccc(NC(=O)N3CCC[C@@H]3c3ccccc3)cc2N1. The van der Waals surface area contributed by atoms with Crippen molar-refractivity contribution >= 4 is 23.3 Å². The summed E-state index contributed by atoms with van der Waals surface area (Å²) in [6.07, 6.45) is 1.95. The van der Waals surface area contributed by atoms with Gasteiger partial charge in [-0.1, -0.05) is 30.3 Å². The molecule has 2 aliphatic rings. The summed E-state index contributed by atoms with van der Waals surface area (Å²) in [6, 6.07) is 15.3. The van der Waals surface area contributed by atoms with Crippen LogP contribution in [0.4, 0.5) is 16.2 Å². The molecule has 0 bridgehead atoms. The molecule has 2 aliphatic heterocycles. The van der Waals surface area contributed by atoms with E-state index < -0.39 is 0 Å². The molecule has 25 heavy (non-hydrogen) atoms. The lowest BCUT2D eigenvalue weighted by atomic mass is 10.1. The molecule has 0 aromatic heterocycles. The second-order valence-electron chi connectivity index (χ2n) is 6.24. The van der Waals surface area contributed by atoms with Gasteiger partial charge in [-0.15, -0.1) is 0 Å². The summed E-state index contributed by atoms with van der Waals surface area (Å²) in [7, 11) is 0. The van der Waals surface area contributed by atoms with Gasteiger partial charge in [0.25, 0.3) is 5.91 Å². The number of nitrogens with zero attached hydrogens (tertiary/aromatic N) is 1. The third-order valence-corrected chi connectivity index (χ3v) is 4.56. The minimum Gasteiger partial charge on any atom is -0.482 e. The first-order valence-electron chi connectivity index (χ1n) is 8.40. The van der Waals surface area contributed by atoms with Crippen LogP contribution in [0.1, 0.15) is 24.4 Å². The fourth-order valence-electron chi connectivity index (χ4n) is 3.39. The van der Waals surface area contributed by atoms with Crippen molar-refractivity contribution in [1.82, 2.24) is 4.90 Å². The van der Waals surface area contributed by atoms with Crippen LogP contribution < -0.4 is 15.4 Å². The molecule has 0 unspecified atom stereocenters. The summed E-state index contributed by atoms with van der Waals surface area (Å²) < 4.78 is 5.34. The van der Waals surface area contributed by atoms with E-state index in [0.29, 0.717) is 17.1 Å². The van der Waals surface area contributed by atoms with Gasteiger partial charge in [-0.3, -0.25) is 4.79 Å². The van der Waals surface area contributed by atoms with Crippen LogP contribution in [-0.2, 0) is 4.79 Å². The average Bonchev–Trinajstić information content (AvgIpc) is 3.12. The second-order valence-corrected chi connectivity index (χ2v) is 6.24. The standard InChI is InChI=1S/C19H19N3O3/c23-18-12-25-17-9-8-14(11-15(17)21-18)20-19(24)22-10-4-7-16(22)13-5-2-1-3-6-13/h1-3,5-6,8-9,11,16H,4,7,10,12H2,(H,20,24)(H,21,23)/t16-/m1/s1. The second kappa shape index (κ2) is 6.47. The van der Waals surface area contributed by atoms with Gasteiger partial charge in [-0.2, -0.15) is 0 Å². The maximum atomic E-state index is 12.7. The third kappa shape index (κ3) is 3.15. The lowest BCUT2D eigenvalue weighted by molar-refractivity contribution is -0.118. The smallest absolute Gasteiger partial charge is 0.322 e. The van der Waals surface area contributed by atoms with Crippen molar-refractivity contribution in [3.05, 3.63) is 54.1 Å². The van der Waals surface area contributed by atoms with E-state index in [9.17, 15) is 9.59 Å². The Morgan fingerprint density at radius 3 is 2.88 bits per heavy atom. The Hall–Kier alpha value is -3.02. The molecule has 0 aliphatic carbocycles. The highest BCUT2D eigenvalue weighted by atomic mass is 16.5. The Morgan fingerprint density at radius 1 is 1.20 bits per heavy atom. The Morgan fingerprint density at radius 2 is 2.04 bits per heavy atom. The molecule has 6 heteroatoms. The van der Waals surface area contributed by atoms with E-state index >= 15 is 0 Å². The quantitative estimate of drug-likeness (QED) is 0.882. The predicted molar refractivity (Wildman–Crippen MR) is 94.7 cm³/mol. The van der Waals surface area contributed by atoms with Gasteiger partial charge in [0, 0.05) is 12.2 Å². The van der Waals surface area contributed by atoms with Gasteiger partial charge >= 0.3 is 6.03 Å². The lowest BCUT2D eigenvalue weighted by Gasteiger charge is -2.26. The fraction of sp³-hybridized carbons (Fsp3) is 0.263. The number of amides is 3. The van der Waals surface area contributed by atoms with Crippen LogP contribution in [0.3, 0.4) is 0 Å². The summed E-state index contributed by atoms with van der Waals surface area (Å²) in [5.74, 6) is 0.417. The van der Waals surface area contributed by atoms with Crippen molar-refractivity contribution in [2.24, 2.45) is 0 Å². The molecule has 0 saturated carbocycles. The maximum Gasteiger partial charge on any atom is 0.322 e. The zero-order valence-electron chi connectivity index (χ0n) is 13.7. The summed E-state index contributed by atoms with van der Waals surface area (Å²) in [6.45, 7) is 0.751. The minimum absolute atomic E-state index is 0.0191. The molecule has 1 fully saturated rings. The van der Waals surface area contributed by atoms with E-state index in [1.165, 1.54) is 0 Å². The van der Waals surface area contributed by atoms with Crippen LogP contribution >= 0.6 is 0 Å². The molecule has 0 spiro atoms. The van der Waals surface area contributed by atoms with Gasteiger partial charge in [0.05, 0.1) is 11.7 Å². The predicted octanol–water partition coefficient (Wildman–Crippen LogP) is 3.39. The molecule has 128 valence electrons. The molecule has 0 radical (unpaired) electrons. The van der Waals surface area contributed by atoms with E-state index in [4.69, 9.17) is 4.74 Å². The number of urea groups is 1. The highest BCUT2D eigenvalue weighted by molar-refractivity contribution is 5.97. The topological polar surface area (TPSA) is 70.7 Å². The normalized spacial score (nSPS) is 19.0. The maximum absolute atomic E-state index is 12.7. The van der Waals surface area contributed by atoms with Gasteiger partial charge in [0.15, 0.2) is 6.61 Å². The number of nitrogens with one attached hydrogen (secondary N) is 2. The van der Waals surface area contributed by atoms with Crippen molar-refractivity contribution in [2.45, 2.75) is 18.9 Å². The van der Waals surface area contributed by atoms with Crippen molar-refractivity contribution in [1.29, 1.82) is 0 Å². The van der Waals surface area contributed by atoms with Gasteiger partial charge in [-0.25, -0.2) is 4.79 Å². The molecule has 1 saturated heterocycles. The molecule has 3 amide bonds. The molecule has 6 nitrogen and oxygen atoms in total. The summed E-state index contributed by atoms with van der Waals surface area (Å²) in [4.78, 5) is 26.0. The average molecular weight is 337 g/mol. The van der Waals surface area contributed by atoms with Crippen molar-refractivity contribution in [2.75, 3.05) is 23.8 Å². The third-order valence-electron chi connectivity index (χ3n) is 4.56. The summed E-state index contributed by atoms with van der Waals surface area (Å²) in [5, 5.41) is 5.68. The zero-order valence-corrected chi connectivity index (χ0v) is 13.7. The number of benzene rings is 2. The fourth-order valence-corrected chi connectivity index (χ4v) is 3.39. The van der Waals surface area contributed by atoms with E-state index in [1.807, 2.05) is 23.1 Å². The molecule has 2 N–H and O–H groups in total. The Bertz CT molecular complexity index is 807. The summed E-state index contributed by atoms with van der Waals surface area (Å²) >= 11 is 0. The zero-order chi connectivity index (χ0) is 17.2. The van der Waals surface area contributed by atoms with Gasteiger partial charge in [-0.05, 0) is 36.6 Å². The van der Waals surface area contributed by atoms with Gasteiger partial charge < -0.3 is 20.3 Å². The Balaban J connectivity index is 1.50. The molecule has 2 aromatic carbocycles. The molecule has 1 atom stereocenters. The van der Waals surface area contributed by atoms with Gasteiger partial charge in [0.2, 0.25) is 0 Å². The first-order chi connectivity index (χ1) is 12.2. The molecular weight excluding hydrogens is 318 g/mol. The van der Waals surface area contributed by atoms with Crippen LogP contribution in [-0.4, -0.2) is 30.0 Å². The number of ether oxygens (including phenoxy) is 1. The van der Waals surface area contributed by atoms with E-state index in [-0.39, 0.29) is 24.6 Å². The van der Waals surface area contributed by atoms with Gasteiger partial charge in [0.1, 0.15) is 5.75 Å². The number of hydrogen-bond acceptors (Lipinski definition) is 3. The lowest BCUT2D eigenvalue weighted by Crippen LogP contribution is -2.34. The summed E-state index contributed by atoms with van der Waals surface area (Å²) in [5.41, 5.74) is 2.37. The minimum atomic E-state index is -0.195. The van der Waals surface area contributed by atoms with Crippen LogP contribution in [0, 0.1) is 0 Å². The van der Waals surface area contributed by atoms with E-state index in [2.05, 4.69) is 22.8 Å². The molecule has 4 rings (SSSR count). The van der Waals surface area contributed by atoms with E-state index in [0.717, 1.165) is 24.9 Å². The van der Waals surface area contributed by atoms with Crippen LogP contribution in [0.2, 0.25) is 0 Å². The van der Waals surface area contributed by atoms with Crippen LogP contribution in [0.5, 0.6) is 5.75 Å². The van der Waals surface area contributed by atoms with Crippen LogP contribution in [0.25, 0.3) is 0 Å². The van der Waals surface area contributed by atoms with Crippen molar-refractivity contribution in [3.63, 3.8) is 0 Å². The Labute approximate surface area is 145 Å². The first-order valence-corrected chi connectivity index (χ1v) is 8.40. The number of hydrogen-bond donors (Lipinski definition) is 2. The first kappa shape index (κ1) is 15.5. The number of likely N-dealkylation sites (tertiary alicyclic amines) is 1. The monoisotopic (exact) mass is 337 g/mol. The molecule has 2 aromatic rings. The molecular formula is C19H19N3O3. The number of rotatable bonds is 2. The number of carbonyl (C=O) groups excluding carboxylic acids is 2. The number of fused-ring (bicyclic) bond motifs is 1. The van der Waals surface area contributed by atoms with Crippen molar-refractivity contribution in [3.8, 4) is 5.75 Å². The highest BCUT2D eigenvalue weighted by Gasteiger charge is 2.30. The van der Waals surface area contributed by atoms with Crippen molar-refractivity contribution < 1.29 is 14.3 Å². The highest BCUT2D eigenvalue weighted by Crippen LogP contribution is 2.34. The number of anilines is 2. The number of carbonyl (C=O) groups is 2.